The van der Waals surface area contributed by atoms with Gasteiger partial charge in [-0.25, -0.2) is 18.2 Å². The zero-order valence-electron chi connectivity index (χ0n) is 10.4. The second-order valence-corrected chi connectivity index (χ2v) is 5.71. The summed E-state index contributed by atoms with van der Waals surface area (Å²) in [5.41, 5.74) is 0. The number of aliphatic carboxylic acids is 1. The molecule has 7 nitrogen and oxygen atoms in total. The van der Waals surface area contributed by atoms with E-state index >= 15 is 0 Å². The van der Waals surface area contributed by atoms with Gasteiger partial charge >= 0.3 is 5.97 Å². The third kappa shape index (κ3) is 2.64. The SMILES string of the molecule is COc1cccc(OCC2=NC=C(C(=O)O)S2(=O)=O)c1. The van der Waals surface area contributed by atoms with Crippen LogP contribution in [0.15, 0.2) is 40.4 Å². The van der Waals surface area contributed by atoms with E-state index in [2.05, 4.69) is 4.99 Å². The average Bonchev–Trinajstić information content (AvgIpc) is 2.71. The van der Waals surface area contributed by atoms with Gasteiger partial charge in [-0.1, -0.05) is 6.07 Å². The number of hydrogen-bond donors (Lipinski definition) is 1. The van der Waals surface area contributed by atoms with E-state index in [0.29, 0.717) is 11.5 Å². The van der Waals surface area contributed by atoms with Gasteiger partial charge in [-0.2, -0.15) is 0 Å². The lowest BCUT2D eigenvalue weighted by molar-refractivity contribution is -0.131. The maximum Gasteiger partial charge on any atom is 0.349 e. The number of carboxylic acids is 1. The Hall–Kier alpha value is -2.35. The fraction of sp³-hybridized carbons (Fsp3) is 0.167. The zero-order valence-corrected chi connectivity index (χ0v) is 11.3. The number of rotatable bonds is 5. The van der Waals surface area contributed by atoms with Crippen molar-refractivity contribution in [3.05, 3.63) is 35.4 Å². The summed E-state index contributed by atoms with van der Waals surface area (Å²) in [6.45, 7) is -0.344. The van der Waals surface area contributed by atoms with Crippen LogP contribution in [0.5, 0.6) is 11.5 Å². The molecule has 1 heterocycles. The summed E-state index contributed by atoms with van der Waals surface area (Å²) in [5.74, 6) is -0.584. The molecule has 0 amide bonds. The maximum atomic E-state index is 11.8. The van der Waals surface area contributed by atoms with Gasteiger partial charge in [0.25, 0.3) is 0 Å². The standard InChI is InChI=1S/C12H11NO6S/c1-18-8-3-2-4-9(5-8)19-7-11-13-6-10(12(14)15)20(11,16)17/h2-6H,7H2,1H3,(H,14,15). The highest BCUT2D eigenvalue weighted by Gasteiger charge is 2.34. The van der Waals surface area contributed by atoms with Gasteiger partial charge in [-0.05, 0) is 12.1 Å². The van der Waals surface area contributed by atoms with Gasteiger partial charge < -0.3 is 14.6 Å². The first-order valence-corrected chi connectivity index (χ1v) is 6.95. The Kier molecular flexibility index (Phi) is 3.75. The quantitative estimate of drug-likeness (QED) is 0.863. The minimum Gasteiger partial charge on any atom is -0.497 e. The van der Waals surface area contributed by atoms with E-state index in [9.17, 15) is 13.2 Å². The molecule has 0 aromatic heterocycles. The first kappa shape index (κ1) is 14.1. The Labute approximate surface area is 115 Å². The van der Waals surface area contributed by atoms with E-state index in [1.165, 1.54) is 7.11 Å². The average molecular weight is 297 g/mol. The van der Waals surface area contributed by atoms with Crippen LogP contribution >= 0.6 is 0 Å². The Bertz CT molecular complexity index is 704. The van der Waals surface area contributed by atoms with Crippen LogP contribution in [0.3, 0.4) is 0 Å². The lowest BCUT2D eigenvalue weighted by atomic mass is 10.3. The Morgan fingerprint density at radius 3 is 2.65 bits per heavy atom. The molecule has 0 saturated carbocycles. The highest BCUT2D eigenvalue weighted by molar-refractivity contribution is 8.10. The third-order valence-electron chi connectivity index (χ3n) is 2.54. The van der Waals surface area contributed by atoms with Crippen molar-refractivity contribution in [2.45, 2.75) is 0 Å². The molecule has 0 saturated heterocycles. The van der Waals surface area contributed by atoms with Crippen molar-refractivity contribution in [1.29, 1.82) is 0 Å². The molecule has 0 unspecified atom stereocenters. The number of sulfone groups is 1. The van der Waals surface area contributed by atoms with E-state index in [1.54, 1.807) is 24.3 Å². The van der Waals surface area contributed by atoms with E-state index in [0.717, 1.165) is 6.20 Å². The molecule has 2 rings (SSSR count). The second kappa shape index (κ2) is 5.33. The van der Waals surface area contributed by atoms with Gasteiger partial charge in [0.1, 0.15) is 18.1 Å². The van der Waals surface area contributed by atoms with E-state index in [-0.39, 0.29) is 11.7 Å². The molecule has 1 aliphatic rings. The fourth-order valence-corrected chi connectivity index (χ4v) is 2.60. The van der Waals surface area contributed by atoms with Crippen molar-refractivity contribution in [2.24, 2.45) is 4.99 Å². The molecule has 0 bridgehead atoms. The summed E-state index contributed by atoms with van der Waals surface area (Å²) < 4.78 is 33.9. The van der Waals surface area contributed by atoms with E-state index < -0.39 is 20.7 Å². The summed E-state index contributed by atoms with van der Waals surface area (Å²) in [6, 6.07) is 6.59. The molecular formula is C12H11NO6S. The van der Waals surface area contributed by atoms with E-state index in [1.807, 2.05) is 0 Å². The molecule has 106 valence electrons. The molecule has 1 aromatic rings. The number of carboxylic acid groups (broad SMARTS) is 1. The molecule has 0 atom stereocenters. The van der Waals surface area contributed by atoms with Crippen molar-refractivity contribution in [3.8, 4) is 11.5 Å². The molecular weight excluding hydrogens is 286 g/mol. The van der Waals surface area contributed by atoms with Crippen molar-refractivity contribution >= 4 is 20.9 Å². The maximum absolute atomic E-state index is 11.8. The molecule has 0 radical (unpaired) electrons. The lowest BCUT2D eigenvalue weighted by Gasteiger charge is -2.07. The number of ether oxygens (including phenoxy) is 2. The Morgan fingerprint density at radius 2 is 2.05 bits per heavy atom. The molecule has 1 aliphatic heterocycles. The predicted octanol–water partition coefficient (Wildman–Crippen LogP) is 0.827. The van der Waals surface area contributed by atoms with Crippen LogP contribution in [0.2, 0.25) is 0 Å². The minimum absolute atomic E-state index is 0.335. The van der Waals surface area contributed by atoms with Crippen LogP contribution in [0, 0.1) is 0 Å². The highest BCUT2D eigenvalue weighted by Crippen LogP contribution is 2.21. The number of nitrogens with zero attached hydrogens (tertiary/aromatic N) is 1. The van der Waals surface area contributed by atoms with Gasteiger partial charge in [-0.15, -0.1) is 0 Å². The normalized spacial score (nSPS) is 16.2. The lowest BCUT2D eigenvalue weighted by Crippen LogP contribution is -2.23. The summed E-state index contributed by atoms with van der Waals surface area (Å²) in [6.07, 6.45) is 0.807. The number of aliphatic imine (C=N–C) groups is 1. The van der Waals surface area contributed by atoms with Crippen LogP contribution < -0.4 is 9.47 Å². The van der Waals surface area contributed by atoms with E-state index in [4.69, 9.17) is 14.6 Å². The van der Waals surface area contributed by atoms with Gasteiger partial charge in [0.15, 0.2) is 9.95 Å². The van der Waals surface area contributed by atoms with Gasteiger partial charge in [0, 0.05) is 6.07 Å². The van der Waals surface area contributed by atoms with Crippen LogP contribution in [0.25, 0.3) is 0 Å². The van der Waals surface area contributed by atoms with Crippen LogP contribution in [-0.2, 0) is 14.6 Å². The molecule has 0 spiro atoms. The monoisotopic (exact) mass is 297 g/mol. The summed E-state index contributed by atoms with van der Waals surface area (Å²) in [4.78, 5) is 13.6. The van der Waals surface area contributed by atoms with Gasteiger partial charge in [-0.3, -0.25) is 0 Å². The number of methoxy groups -OCH3 is 1. The van der Waals surface area contributed by atoms with Crippen molar-refractivity contribution in [1.82, 2.24) is 0 Å². The number of hydrogen-bond acceptors (Lipinski definition) is 6. The molecule has 8 heteroatoms. The number of carbonyl (C=O) groups is 1. The largest absolute Gasteiger partial charge is 0.497 e. The Morgan fingerprint density at radius 1 is 1.35 bits per heavy atom. The van der Waals surface area contributed by atoms with Crippen LogP contribution in [0.1, 0.15) is 0 Å². The second-order valence-electron chi connectivity index (χ2n) is 3.79. The summed E-state index contributed by atoms with van der Waals surface area (Å²) in [7, 11) is -2.56. The summed E-state index contributed by atoms with van der Waals surface area (Å²) in [5, 5.41) is 8.41. The topological polar surface area (TPSA) is 102 Å². The first-order chi connectivity index (χ1) is 9.45. The van der Waals surface area contributed by atoms with Gasteiger partial charge in [0.05, 0.1) is 13.3 Å². The highest BCUT2D eigenvalue weighted by atomic mass is 32.2. The molecule has 0 fully saturated rings. The van der Waals surface area contributed by atoms with Crippen molar-refractivity contribution in [2.75, 3.05) is 13.7 Å². The van der Waals surface area contributed by atoms with Gasteiger partial charge in [0.2, 0.25) is 9.84 Å². The smallest absolute Gasteiger partial charge is 0.349 e. The van der Waals surface area contributed by atoms with Crippen molar-refractivity contribution < 1.29 is 27.8 Å². The van der Waals surface area contributed by atoms with Crippen LogP contribution in [0.4, 0.5) is 0 Å². The molecule has 1 aromatic carbocycles. The molecule has 1 N–H and O–H groups in total. The van der Waals surface area contributed by atoms with Crippen molar-refractivity contribution in [3.63, 3.8) is 0 Å². The fourth-order valence-electron chi connectivity index (χ4n) is 1.52. The summed E-state index contributed by atoms with van der Waals surface area (Å²) >= 11 is 0. The first-order valence-electron chi connectivity index (χ1n) is 5.47. The number of benzene rings is 1. The molecule has 20 heavy (non-hydrogen) atoms. The van der Waals surface area contributed by atoms with Crippen LogP contribution in [-0.4, -0.2) is 38.3 Å². The molecule has 0 aliphatic carbocycles. The Balaban J connectivity index is 2.08. The third-order valence-corrected chi connectivity index (χ3v) is 4.24. The zero-order chi connectivity index (χ0) is 14.8. The predicted molar refractivity (Wildman–Crippen MR) is 70.6 cm³/mol. The minimum atomic E-state index is -4.06.